The number of halogens is 1. The van der Waals surface area contributed by atoms with E-state index in [4.69, 9.17) is 11.6 Å². The van der Waals surface area contributed by atoms with Crippen molar-refractivity contribution in [2.45, 2.75) is 18.9 Å². The van der Waals surface area contributed by atoms with Crippen molar-refractivity contribution in [3.05, 3.63) is 34.9 Å². The third-order valence-corrected chi connectivity index (χ3v) is 3.33. The fourth-order valence-electron chi connectivity index (χ4n) is 2.10. The Bertz CT molecular complexity index is 323. The zero-order valence-corrected chi connectivity index (χ0v) is 9.37. The molecule has 0 aromatic heterocycles. The van der Waals surface area contributed by atoms with Crippen LogP contribution in [0.3, 0.4) is 0 Å². The van der Waals surface area contributed by atoms with Gasteiger partial charge in [-0.1, -0.05) is 29.8 Å². The van der Waals surface area contributed by atoms with E-state index < -0.39 is 6.10 Å². The van der Waals surface area contributed by atoms with Crippen LogP contribution in [0.25, 0.3) is 0 Å². The monoisotopic (exact) mass is 225 g/mol. The summed E-state index contributed by atoms with van der Waals surface area (Å²) in [6, 6.07) is 7.52. The van der Waals surface area contributed by atoms with Crippen LogP contribution in [-0.2, 0) is 0 Å². The Morgan fingerprint density at radius 1 is 1.47 bits per heavy atom. The molecule has 1 aromatic rings. The Hall–Kier alpha value is -0.570. The summed E-state index contributed by atoms with van der Waals surface area (Å²) < 4.78 is 0. The van der Waals surface area contributed by atoms with Crippen molar-refractivity contribution in [2.75, 3.05) is 13.1 Å². The van der Waals surface area contributed by atoms with E-state index in [1.54, 1.807) is 0 Å². The quantitative estimate of drug-likeness (QED) is 0.828. The molecule has 1 fully saturated rings. The summed E-state index contributed by atoms with van der Waals surface area (Å²) in [5.74, 6) is 0.580. The van der Waals surface area contributed by atoms with Gasteiger partial charge in [0.25, 0.3) is 0 Å². The van der Waals surface area contributed by atoms with Gasteiger partial charge in [0.05, 0.1) is 6.10 Å². The predicted molar refractivity (Wildman–Crippen MR) is 62.0 cm³/mol. The van der Waals surface area contributed by atoms with E-state index in [1.807, 2.05) is 24.3 Å². The van der Waals surface area contributed by atoms with Crippen LogP contribution in [0.2, 0.25) is 5.02 Å². The van der Waals surface area contributed by atoms with E-state index in [-0.39, 0.29) is 0 Å². The Morgan fingerprint density at radius 3 is 2.93 bits per heavy atom. The van der Waals surface area contributed by atoms with Crippen LogP contribution in [0.15, 0.2) is 24.3 Å². The third kappa shape index (κ3) is 2.71. The highest BCUT2D eigenvalue weighted by molar-refractivity contribution is 6.31. The molecule has 2 N–H and O–H groups in total. The first-order valence-corrected chi connectivity index (χ1v) is 5.78. The molecule has 0 radical (unpaired) electrons. The lowest BCUT2D eigenvalue weighted by molar-refractivity contribution is 0.147. The van der Waals surface area contributed by atoms with E-state index in [0.717, 1.165) is 31.5 Å². The highest BCUT2D eigenvalue weighted by Gasteiger charge is 2.20. The summed E-state index contributed by atoms with van der Waals surface area (Å²) >= 11 is 6.03. The summed E-state index contributed by atoms with van der Waals surface area (Å²) in [6.07, 6.45) is 1.53. The van der Waals surface area contributed by atoms with E-state index in [0.29, 0.717) is 10.9 Å². The molecule has 1 aromatic carbocycles. The van der Waals surface area contributed by atoms with Gasteiger partial charge >= 0.3 is 0 Å². The second kappa shape index (κ2) is 4.97. The van der Waals surface area contributed by atoms with E-state index in [1.165, 1.54) is 0 Å². The van der Waals surface area contributed by atoms with Crippen molar-refractivity contribution in [1.29, 1.82) is 0 Å². The summed E-state index contributed by atoms with van der Waals surface area (Å²) in [5.41, 5.74) is 0.853. The van der Waals surface area contributed by atoms with Gasteiger partial charge in [0.2, 0.25) is 0 Å². The predicted octanol–water partition coefficient (Wildman–Crippen LogP) is 2.37. The lowest BCUT2D eigenvalue weighted by Crippen LogP contribution is -2.12. The first-order chi connectivity index (χ1) is 7.27. The number of hydrogen-bond acceptors (Lipinski definition) is 2. The number of benzene rings is 1. The molecule has 0 bridgehead atoms. The molecule has 2 nitrogen and oxygen atoms in total. The molecule has 15 heavy (non-hydrogen) atoms. The van der Waals surface area contributed by atoms with Crippen LogP contribution in [0.5, 0.6) is 0 Å². The number of rotatable bonds is 3. The normalized spacial score (nSPS) is 22.9. The van der Waals surface area contributed by atoms with Gasteiger partial charge in [-0.15, -0.1) is 0 Å². The number of aliphatic hydroxyl groups is 1. The number of aliphatic hydroxyl groups excluding tert-OH is 1. The lowest BCUT2D eigenvalue weighted by Gasteiger charge is -2.16. The topological polar surface area (TPSA) is 32.3 Å². The largest absolute Gasteiger partial charge is 0.388 e. The maximum atomic E-state index is 10.0. The molecule has 3 heteroatoms. The molecular weight excluding hydrogens is 210 g/mol. The Kier molecular flexibility index (Phi) is 3.62. The fourth-order valence-corrected chi connectivity index (χ4v) is 2.37. The van der Waals surface area contributed by atoms with Crippen molar-refractivity contribution in [1.82, 2.24) is 5.32 Å². The third-order valence-electron chi connectivity index (χ3n) is 2.98. The summed E-state index contributed by atoms with van der Waals surface area (Å²) in [4.78, 5) is 0. The first kappa shape index (κ1) is 10.9. The zero-order chi connectivity index (χ0) is 10.7. The summed E-state index contributed by atoms with van der Waals surface area (Å²) in [6.45, 7) is 2.08. The first-order valence-electron chi connectivity index (χ1n) is 5.40. The second-order valence-corrected chi connectivity index (χ2v) is 4.54. The van der Waals surface area contributed by atoms with Crippen LogP contribution in [0, 0.1) is 5.92 Å². The van der Waals surface area contributed by atoms with Gasteiger partial charge < -0.3 is 10.4 Å². The Labute approximate surface area is 95.3 Å². The van der Waals surface area contributed by atoms with Gasteiger partial charge in [-0.05, 0) is 43.5 Å². The summed E-state index contributed by atoms with van der Waals surface area (Å²) in [5, 5.41) is 14.0. The number of hydrogen-bond donors (Lipinski definition) is 2. The van der Waals surface area contributed by atoms with Crippen molar-refractivity contribution >= 4 is 11.6 Å². The minimum Gasteiger partial charge on any atom is -0.388 e. The van der Waals surface area contributed by atoms with Crippen LogP contribution in [0.4, 0.5) is 0 Å². The van der Waals surface area contributed by atoms with Crippen molar-refractivity contribution < 1.29 is 5.11 Å². The van der Waals surface area contributed by atoms with Crippen LogP contribution < -0.4 is 5.32 Å². The Balaban J connectivity index is 2.00. The lowest BCUT2D eigenvalue weighted by atomic mass is 9.96. The van der Waals surface area contributed by atoms with Gasteiger partial charge in [0, 0.05) is 5.02 Å². The molecule has 2 rings (SSSR count). The summed E-state index contributed by atoms with van der Waals surface area (Å²) in [7, 11) is 0. The minimum absolute atomic E-state index is 0.427. The molecule has 0 amide bonds. The average molecular weight is 226 g/mol. The average Bonchev–Trinajstić information content (AvgIpc) is 2.71. The molecule has 1 aliphatic rings. The molecule has 0 saturated carbocycles. The van der Waals surface area contributed by atoms with Gasteiger partial charge in [0.1, 0.15) is 0 Å². The molecule has 0 aliphatic carbocycles. The number of nitrogens with one attached hydrogen (secondary N) is 1. The van der Waals surface area contributed by atoms with Crippen LogP contribution >= 0.6 is 11.6 Å². The Morgan fingerprint density at radius 2 is 2.27 bits per heavy atom. The van der Waals surface area contributed by atoms with Crippen molar-refractivity contribution in [3.8, 4) is 0 Å². The molecule has 2 atom stereocenters. The van der Waals surface area contributed by atoms with Crippen LogP contribution in [0.1, 0.15) is 24.5 Å². The van der Waals surface area contributed by atoms with Gasteiger partial charge in [-0.2, -0.15) is 0 Å². The van der Waals surface area contributed by atoms with Crippen molar-refractivity contribution in [3.63, 3.8) is 0 Å². The van der Waals surface area contributed by atoms with E-state index in [9.17, 15) is 5.11 Å². The molecule has 1 heterocycles. The van der Waals surface area contributed by atoms with Gasteiger partial charge in [-0.25, -0.2) is 0 Å². The van der Waals surface area contributed by atoms with E-state index in [2.05, 4.69) is 5.32 Å². The second-order valence-electron chi connectivity index (χ2n) is 4.13. The van der Waals surface area contributed by atoms with Gasteiger partial charge in [-0.3, -0.25) is 0 Å². The highest BCUT2D eigenvalue weighted by atomic mass is 35.5. The molecule has 1 saturated heterocycles. The zero-order valence-electron chi connectivity index (χ0n) is 8.62. The van der Waals surface area contributed by atoms with Crippen LogP contribution in [-0.4, -0.2) is 18.2 Å². The maximum Gasteiger partial charge on any atom is 0.0807 e. The molecular formula is C12H16ClNO. The molecule has 1 aliphatic heterocycles. The SMILES string of the molecule is OC(CC1CCNC1)c1ccccc1Cl. The van der Waals surface area contributed by atoms with Crippen molar-refractivity contribution in [2.24, 2.45) is 5.92 Å². The highest BCUT2D eigenvalue weighted by Crippen LogP contribution is 2.29. The molecule has 82 valence electrons. The molecule has 0 spiro atoms. The van der Waals surface area contributed by atoms with Gasteiger partial charge in [0.15, 0.2) is 0 Å². The minimum atomic E-state index is -0.427. The molecule has 2 unspecified atom stereocenters. The maximum absolute atomic E-state index is 10.0. The fraction of sp³-hybridized carbons (Fsp3) is 0.500. The smallest absolute Gasteiger partial charge is 0.0807 e. The standard InChI is InChI=1S/C12H16ClNO/c13-11-4-2-1-3-10(11)12(15)7-9-5-6-14-8-9/h1-4,9,12,14-15H,5-8H2. The van der Waals surface area contributed by atoms with E-state index >= 15 is 0 Å².